The van der Waals surface area contributed by atoms with Crippen LogP contribution in [0.5, 0.6) is 0 Å². The molecule has 0 atom stereocenters. The minimum Gasteiger partial charge on any atom is -0.279 e. The second-order valence-corrected chi connectivity index (χ2v) is 4.21. The number of para-hydroxylation sites is 1. The van der Waals surface area contributed by atoms with E-state index in [1.54, 1.807) is 6.21 Å². The number of hydrogen-bond acceptors (Lipinski definition) is 2. The number of anilines is 1. The van der Waals surface area contributed by atoms with Crippen LogP contribution in [0.2, 0.25) is 0 Å². The third-order valence-electron chi connectivity index (χ3n) is 2.03. The molecule has 0 radical (unpaired) electrons. The Morgan fingerprint density at radius 3 is 2.56 bits per heavy atom. The average molecular weight is 275 g/mol. The number of hydrogen-bond donors (Lipinski definition) is 1. The van der Waals surface area contributed by atoms with Crippen molar-refractivity contribution in [2.24, 2.45) is 5.10 Å². The molecule has 0 aliphatic heterocycles. The maximum absolute atomic E-state index is 4.16. The van der Waals surface area contributed by atoms with Crippen LogP contribution in [0.3, 0.4) is 0 Å². The van der Waals surface area contributed by atoms with Crippen molar-refractivity contribution in [3.8, 4) is 0 Å². The molecule has 0 amide bonds. The highest BCUT2D eigenvalue weighted by Crippen LogP contribution is 2.10. The van der Waals surface area contributed by atoms with Gasteiger partial charge < -0.3 is 0 Å². The molecule has 0 heterocycles. The van der Waals surface area contributed by atoms with Crippen molar-refractivity contribution < 1.29 is 0 Å². The van der Waals surface area contributed by atoms with E-state index in [0.717, 1.165) is 15.7 Å². The van der Waals surface area contributed by atoms with Crippen molar-refractivity contribution >= 4 is 27.8 Å². The Bertz CT molecular complexity index is 480. The molecule has 0 aliphatic rings. The van der Waals surface area contributed by atoms with Gasteiger partial charge in [-0.15, -0.1) is 0 Å². The summed E-state index contributed by atoms with van der Waals surface area (Å²) >= 11 is 3.42. The van der Waals surface area contributed by atoms with Gasteiger partial charge in [0.05, 0.1) is 11.9 Å². The lowest BCUT2D eigenvalue weighted by atomic mass is 10.2. The number of hydrazone groups is 1. The lowest BCUT2D eigenvalue weighted by Gasteiger charge is -1.98. The summed E-state index contributed by atoms with van der Waals surface area (Å²) in [6.07, 6.45) is 1.79. The predicted molar refractivity (Wildman–Crippen MR) is 71.8 cm³/mol. The van der Waals surface area contributed by atoms with Crippen molar-refractivity contribution in [1.82, 2.24) is 0 Å². The van der Waals surface area contributed by atoms with Crippen LogP contribution >= 0.6 is 15.9 Å². The van der Waals surface area contributed by atoms with E-state index < -0.39 is 0 Å². The van der Waals surface area contributed by atoms with Gasteiger partial charge >= 0.3 is 0 Å². The van der Waals surface area contributed by atoms with E-state index in [9.17, 15) is 0 Å². The van der Waals surface area contributed by atoms with Crippen molar-refractivity contribution in [3.63, 3.8) is 0 Å². The van der Waals surface area contributed by atoms with E-state index in [0.29, 0.717) is 0 Å². The topological polar surface area (TPSA) is 24.4 Å². The van der Waals surface area contributed by atoms with Crippen molar-refractivity contribution in [2.75, 3.05) is 5.43 Å². The van der Waals surface area contributed by atoms with E-state index in [4.69, 9.17) is 0 Å². The summed E-state index contributed by atoms with van der Waals surface area (Å²) in [5, 5.41) is 4.16. The molecule has 0 saturated heterocycles. The molecular formula is C13H11BrN2. The van der Waals surface area contributed by atoms with Gasteiger partial charge in [0.25, 0.3) is 0 Å². The van der Waals surface area contributed by atoms with Gasteiger partial charge in [0.1, 0.15) is 0 Å². The number of benzene rings is 2. The molecule has 0 aliphatic carbocycles. The first kappa shape index (κ1) is 10.9. The molecular weight excluding hydrogens is 264 g/mol. The Kier molecular flexibility index (Phi) is 3.72. The predicted octanol–water partition coefficient (Wildman–Crippen LogP) is 3.90. The fraction of sp³-hybridized carbons (Fsp3) is 0. The summed E-state index contributed by atoms with van der Waals surface area (Å²) in [6.45, 7) is 0. The zero-order valence-electron chi connectivity index (χ0n) is 8.60. The van der Waals surface area contributed by atoms with Crippen LogP contribution < -0.4 is 5.43 Å². The van der Waals surface area contributed by atoms with E-state index in [-0.39, 0.29) is 0 Å². The third kappa shape index (κ3) is 3.21. The quantitative estimate of drug-likeness (QED) is 0.667. The van der Waals surface area contributed by atoms with Crippen molar-refractivity contribution in [1.29, 1.82) is 0 Å². The molecule has 3 heteroatoms. The zero-order chi connectivity index (χ0) is 11.2. The highest BCUT2D eigenvalue weighted by Gasteiger charge is 1.89. The first-order chi connectivity index (χ1) is 7.84. The van der Waals surface area contributed by atoms with Crippen LogP contribution in [0, 0.1) is 0 Å². The van der Waals surface area contributed by atoms with Gasteiger partial charge in [0, 0.05) is 4.47 Å². The lowest BCUT2D eigenvalue weighted by molar-refractivity contribution is 1.35. The molecule has 2 aromatic carbocycles. The number of halogens is 1. The van der Waals surface area contributed by atoms with Crippen LogP contribution in [0.15, 0.2) is 64.2 Å². The lowest BCUT2D eigenvalue weighted by Crippen LogP contribution is -1.89. The molecule has 0 spiro atoms. The molecule has 0 unspecified atom stereocenters. The smallest absolute Gasteiger partial charge is 0.0561 e. The third-order valence-corrected chi connectivity index (χ3v) is 2.52. The van der Waals surface area contributed by atoms with Gasteiger partial charge in [0.2, 0.25) is 0 Å². The molecule has 0 saturated carbocycles. The Morgan fingerprint density at radius 1 is 1.00 bits per heavy atom. The first-order valence-electron chi connectivity index (χ1n) is 4.94. The Morgan fingerprint density at radius 2 is 1.81 bits per heavy atom. The van der Waals surface area contributed by atoms with Gasteiger partial charge in [-0.3, -0.25) is 5.43 Å². The normalized spacial score (nSPS) is 10.6. The van der Waals surface area contributed by atoms with E-state index in [1.807, 2.05) is 54.6 Å². The Hall–Kier alpha value is -1.61. The summed E-state index contributed by atoms with van der Waals surface area (Å²) in [7, 11) is 0. The minimum absolute atomic E-state index is 0.980. The van der Waals surface area contributed by atoms with Crippen molar-refractivity contribution in [2.45, 2.75) is 0 Å². The largest absolute Gasteiger partial charge is 0.279 e. The average Bonchev–Trinajstić information content (AvgIpc) is 2.30. The number of nitrogens with one attached hydrogen (secondary N) is 1. The molecule has 1 N–H and O–H groups in total. The van der Waals surface area contributed by atoms with Crippen LogP contribution in [0.4, 0.5) is 5.69 Å². The molecule has 0 bridgehead atoms. The summed E-state index contributed by atoms with van der Waals surface area (Å²) in [5.74, 6) is 0. The summed E-state index contributed by atoms with van der Waals surface area (Å²) in [4.78, 5) is 0. The molecule has 0 aromatic heterocycles. The molecule has 16 heavy (non-hydrogen) atoms. The highest BCUT2D eigenvalue weighted by molar-refractivity contribution is 9.10. The standard InChI is InChI=1S/C13H11BrN2/c14-12-6-4-5-11(9-12)10-15-16-13-7-2-1-3-8-13/h1-10,16H/b15-10-. The number of rotatable bonds is 3. The SMILES string of the molecule is Brc1cccc(/C=N\Nc2ccccc2)c1. The maximum Gasteiger partial charge on any atom is 0.0561 e. The summed E-state index contributed by atoms with van der Waals surface area (Å²) in [5.41, 5.74) is 5.00. The van der Waals surface area contributed by atoms with Crippen LogP contribution in [-0.2, 0) is 0 Å². The van der Waals surface area contributed by atoms with Crippen LogP contribution in [0.25, 0.3) is 0 Å². The number of nitrogens with zero attached hydrogens (tertiary/aromatic N) is 1. The summed E-state index contributed by atoms with van der Waals surface area (Å²) in [6, 6.07) is 17.8. The van der Waals surface area contributed by atoms with Crippen LogP contribution in [0.1, 0.15) is 5.56 Å². The van der Waals surface area contributed by atoms with Gasteiger partial charge in [-0.25, -0.2) is 0 Å². The second kappa shape index (κ2) is 5.47. The monoisotopic (exact) mass is 274 g/mol. The first-order valence-corrected chi connectivity index (χ1v) is 5.73. The van der Waals surface area contributed by atoms with E-state index in [1.165, 1.54) is 0 Å². The molecule has 2 rings (SSSR count). The molecule has 0 fully saturated rings. The van der Waals surface area contributed by atoms with Gasteiger partial charge in [0.15, 0.2) is 0 Å². The molecule has 2 aromatic rings. The Balaban J connectivity index is 2.00. The maximum atomic E-state index is 4.16. The van der Waals surface area contributed by atoms with Gasteiger partial charge in [-0.05, 0) is 29.8 Å². The molecule has 80 valence electrons. The second-order valence-electron chi connectivity index (χ2n) is 3.29. The van der Waals surface area contributed by atoms with Gasteiger partial charge in [-0.2, -0.15) is 5.10 Å². The van der Waals surface area contributed by atoms with Gasteiger partial charge in [-0.1, -0.05) is 46.3 Å². The summed E-state index contributed by atoms with van der Waals surface area (Å²) < 4.78 is 1.05. The Labute approximate surface area is 103 Å². The van der Waals surface area contributed by atoms with E-state index >= 15 is 0 Å². The molecule has 2 nitrogen and oxygen atoms in total. The zero-order valence-corrected chi connectivity index (χ0v) is 10.2. The van der Waals surface area contributed by atoms with Crippen LogP contribution in [-0.4, -0.2) is 6.21 Å². The fourth-order valence-electron chi connectivity index (χ4n) is 1.28. The van der Waals surface area contributed by atoms with Crippen molar-refractivity contribution in [3.05, 3.63) is 64.6 Å². The highest BCUT2D eigenvalue weighted by atomic mass is 79.9. The minimum atomic E-state index is 0.980. The van der Waals surface area contributed by atoms with E-state index in [2.05, 4.69) is 26.5 Å². The fourth-order valence-corrected chi connectivity index (χ4v) is 1.70.